The average molecular weight is 662 g/mol. The lowest BCUT2D eigenvalue weighted by Crippen LogP contribution is -2.27. The van der Waals surface area contributed by atoms with Gasteiger partial charge in [-0.15, -0.1) is 10.2 Å². The van der Waals surface area contributed by atoms with Crippen molar-refractivity contribution >= 4 is 79.6 Å². The summed E-state index contributed by atoms with van der Waals surface area (Å²) in [6.07, 6.45) is 1.80. The SMILES string of the molecule is CCOC(=O)c1nc(N2CCCc3c2nnc(N=c2sc4ccccc4n2COCC[Si](C)(C)C)c3C)sc1Br. The summed E-state index contributed by atoms with van der Waals surface area (Å²) >= 11 is 6.50. The predicted octanol–water partition coefficient (Wildman–Crippen LogP) is 6.83. The fourth-order valence-corrected chi connectivity index (χ4v) is 7.72. The van der Waals surface area contributed by atoms with E-state index >= 15 is 0 Å². The molecule has 4 aromatic rings. The van der Waals surface area contributed by atoms with E-state index in [4.69, 9.17) is 14.5 Å². The second kappa shape index (κ2) is 12.2. The van der Waals surface area contributed by atoms with Gasteiger partial charge in [-0.25, -0.2) is 9.78 Å². The number of hydrogen-bond acceptors (Lipinski definition) is 10. The molecule has 0 N–H and O–H groups in total. The van der Waals surface area contributed by atoms with E-state index in [1.54, 1.807) is 18.3 Å². The second-order valence-corrected chi connectivity index (χ2v) is 19.7. The van der Waals surface area contributed by atoms with Crippen molar-refractivity contribution in [3.63, 3.8) is 0 Å². The molecule has 0 unspecified atom stereocenters. The molecule has 9 nitrogen and oxygen atoms in total. The molecule has 0 saturated carbocycles. The normalized spacial score (nSPS) is 14.2. The lowest BCUT2D eigenvalue weighted by Gasteiger charge is -2.28. The molecular weight excluding hydrogens is 628 g/mol. The van der Waals surface area contributed by atoms with Crippen molar-refractivity contribution in [3.05, 3.63) is 49.7 Å². The first-order valence-electron chi connectivity index (χ1n) is 13.3. The molecule has 4 heterocycles. The van der Waals surface area contributed by atoms with Crippen molar-refractivity contribution in [2.75, 3.05) is 24.7 Å². The van der Waals surface area contributed by atoms with Crippen LogP contribution in [0.15, 0.2) is 33.0 Å². The standard InChI is InChI=1S/C27H33BrN6O3S2Si/c1-6-37-25(35)21-22(28)39-26(29-21)33-13-9-10-18-17(2)23(31-32-24(18)33)30-27-34(16-36-14-15-40(3,4)5)19-11-7-8-12-20(19)38-27/h7-8,11-12H,6,9-10,13-16H2,1-5H3. The largest absolute Gasteiger partial charge is 0.461 e. The van der Waals surface area contributed by atoms with Crippen molar-refractivity contribution in [2.45, 2.75) is 59.1 Å². The van der Waals surface area contributed by atoms with Gasteiger partial charge in [-0.1, -0.05) is 54.4 Å². The van der Waals surface area contributed by atoms with Crippen molar-refractivity contribution in [1.29, 1.82) is 0 Å². The highest BCUT2D eigenvalue weighted by Gasteiger charge is 2.28. The lowest BCUT2D eigenvalue weighted by atomic mass is 10.0. The van der Waals surface area contributed by atoms with Gasteiger partial charge >= 0.3 is 5.97 Å². The maximum absolute atomic E-state index is 12.3. The van der Waals surface area contributed by atoms with E-state index < -0.39 is 14.0 Å². The first kappa shape index (κ1) is 29.1. The van der Waals surface area contributed by atoms with E-state index in [-0.39, 0.29) is 5.69 Å². The monoisotopic (exact) mass is 660 g/mol. The maximum Gasteiger partial charge on any atom is 0.359 e. The third-order valence-corrected chi connectivity index (χ3v) is 11.1. The highest BCUT2D eigenvalue weighted by atomic mass is 79.9. The van der Waals surface area contributed by atoms with Crippen LogP contribution in [-0.2, 0) is 22.6 Å². The van der Waals surface area contributed by atoms with Crippen LogP contribution in [0.25, 0.3) is 10.2 Å². The molecule has 5 rings (SSSR count). The number of esters is 1. The highest BCUT2D eigenvalue weighted by molar-refractivity contribution is 9.11. The molecule has 0 bridgehead atoms. The van der Waals surface area contributed by atoms with E-state index in [9.17, 15) is 4.79 Å². The molecule has 0 fully saturated rings. The first-order chi connectivity index (χ1) is 19.2. The van der Waals surface area contributed by atoms with Crippen LogP contribution in [0, 0.1) is 6.92 Å². The minimum absolute atomic E-state index is 0.284. The number of benzene rings is 1. The van der Waals surface area contributed by atoms with Crippen LogP contribution in [0.1, 0.15) is 35.0 Å². The minimum Gasteiger partial charge on any atom is -0.461 e. The number of ether oxygens (including phenoxy) is 2. The van der Waals surface area contributed by atoms with Crippen molar-refractivity contribution < 1.29 is 14.3 Å². The Labute approximate surface area is 251 Å². The number of rotatable bonds is 9. The highest BCUT2D eigenvalue weighted by Crippen LogP contribution is 2.39. The van der Waals surface area contributed by atoms with Crippen LogP contribution < -0.4 is 9.70 Å². The zero-order chi connectivity index (χ0) is 28.4. The van der Waals surface area contributed by atoms with E-state index in [1.165, 1.54) is 11.3 Å². The fourth-order valence-electron chi connectivity index (χ4n) is 4.45. The van der Waals surface area contributed by atoms with Gasteiger partial charge in [-0.2, -0.15) is 4.99 Å². The molecule has 13 heteroatoms. The summed E-state index contributed by atoms with van der Waals surface area (Å²) in [6.45, 7) is 13.1. The number of carbonyl (C=O) groups excluding carboxylic acids is 1. The molecule has 40 heavy (non-hydrogen) atoms. The number of para-hydroxylation sites is 1. The third kappa shape index (κ3) is 6.23. The number of aromatic nitrogens is 4. The Morgan fingerprint density at radius 1 is 1.20 bits per heavy atom. The molecule has 0 aliphatic carbocycles. The van der Waals surface area contributed by atoms with E-state index in [0.29, 0.717) is 28.1 Å². The Kier molecular flexibility index (Phi) is 8.85. The number of nitrogens with zero attached hydrogens (tertiary/aromatic N) is 6. The molecule has 212 valence electrons. The van der Waals surface area contributed by atoms with Gasteiger partial charge in [0.1, 0.15) is 10.5 Å². The Morgan fingerprint density at radius 3 is 2.77 bits per heavy atom. The first-order valence-corrected chi connectivity index (χ1v) is 19.5. The molecule has 1 aliphatic rings. The second-order valence-electron chi connectivity index (χ2n) is 10.8. The topological polar surface area (TPSA) is 94.7 Å². The molecule has 1 aromatic carbocycles. The average Bonchev–Trinajstić information content (AvgIpc) is 3.47. The van der Waals surface area contributed by atoms with Crippen LogP contribution in [-0.4, -0.2) is 53.6 Å². The summed E-state index contributed by atoms with van der Waals surface area (Å²) in [5.74, 6) is 0.931. The number of fused-ring (bicyclic) bond motifs is 2. The van der Waals surface area contributed by atoms with Crippen LogP contribution in [0.3, 0.4) is 0 Å². The van der Waals surface area contributed by atoms with Crippen molar-refractivity contribution in [1.82, 2.24) is 19.7 Å². The summed E-state index contributed by atoms with van der Waals surface area (Å²) in [6, 6.07) is 9.41. The van der Waals surface area contributed by atoms with Gasteiger partial charge < -0.3 is 14.4 Å². The van der Waals surface area contributed by atoms with Gasteiger partial charge in [0.15, 0.2) is 27.3 Å². The number of thiazole rings is 2. The van der Waals surface area contributed by atoms with Gasteiger partial charge in [0, 0.05) is 32.4 Å². The summed E-state index contributed by atoms with van der Waals surface area (Å²) in [4.78, 5) is 24.8. The predicted molar refractivity (Wildman–Crippen MR) is 167 cm³/mol. The van der Waals surface area contributed by atoms with Crippen LogP contribution in [0.2, 0.25) is 25.7 Å². The molecule has 1 aliphatic heterocycles. The molecular formula is C27H33BrN6O3S2Si. The van der Waals surface area contributed by atoms with E-state index in [2.05, 4.69) is 74.4 Å². The van der Waals surface area contributed by atoms with Crippen molar-refractivity contribution in [3.8, 4) is 0 Å². The smallest absolute Gasteiger partial charge is 0.359 e. The molecule has 0 saturated heterocycles. The molecule has 3 aromatic heterocycles. The Hall–Kier alpha value is -2.45. The van der Waals surface area contributed by atoms with Gasteiger partial charge in [-0.05, 0) is 60.8 Å². The van der Waals surface area contributed by atoms with Gasteiger partial charge in [-0.3, -0.25) is 4.57 Å². The Morgan fingerprint density at radius 2 is 2.00 bits per heavy atom. The molecule has 0 atom stereocenters. The summed E-state index contributed by atoms with van der Waals surface area (Å²) < 4.78 is 15.2. The zero-order valence-corrected chi connectivity index (χ0v) is 27.6. The van der Waals surface area contributed by atoms with Crippen LogP contribution in [0.5, 0.6) is 0 Å². The van der Waals surface area contributed by atoms with Gasteiger partial charge in [0.05, 0.1) is 16.8 Å². The van der Waals surface area contributed by atoms with Gasteiger partial charge in [0.25, 0.3) is 0 Å². The summed E-state index contributed by atoms with van der Waals surface area (Å²) in [5, 5.41) is 9.88. The number of anilines is 2. The van der Waals surface area contributed by atoms with Crippen LogP contribution in [0.4, 0.5) is 16.8 Å². The third-order valence-electron chi connectivity index (χ3n) is 6.64. The van der Waals surface area contributed by atoms with Crippen LogP contribution >= 0.6 is 38.6 Å². The van der Waals surface area contributed by atoms with E-state index in [0.717, 1.165) is 64.0 Å². The van der Waals surface area contributed by atoms with Crippen molar-refractivity contribution in [2.24, 2.45) is 4.99 Å². The number of hydrogen-bond donors (Lipinski definition) is 0. The van der Waals surface area contributed by atoms with Gasteiger partial charge in [0.2, 0.25) is 0 Å². The molecule has 0 spiro atoms. The fraction of sp³-hybridized carbons (Fsp3) is 0.444. The summed E-state index contributed by atoms with van der Waals surface area (Å²) in [5.41, 5.74) is 3.48. The minimum atomic E-state index is -1.18. The maximum atomic E-state index is 12.3. The summed E-state index contributed by atoms with van der Waals surface area (Å²) in [7, 11) is -1.18. The number of carbonyl (C=O) groups is 1. The Balaban J connectivity index is 1.48. The molecule has 0 radical (unpaired) electrons. The quantitative estimate of drug-likeness (QED) is 0.110. The lowest BCUT2D eigenvalue weighted by molar-refractivity contribution is 0.0519. The Bertz CT molecular complexity index is 1610. The number of halogens is 1. The molecule has 0 amide bonds. The zero-order valence-electron chi connectivity index (χ0n) is 23.4. The van der Waals surface area contributed by atoms with E-state index in [1.807, 2.05) is 17.0 Å².